The summed E-state index contributed by atoms with van der Waals surface area (Å²) in [5.74, 6) is 0.151. The molecule has 0 bridgehead atoms. The third-order valence-corrected chi connectivity index (χ3v) is 3.01. The summed E-state index contributed by atoms with van der Waals surface area (Å²) in [5.41, 5.74) is 2.24. The van der Waals surface area contributed by atoms with E-state index in [-0.39, 0.29) is 11.5 Å². The smallest absolute Gasteiger partial charge is 0.127 e. The molecule has 0 saturated heterocycles. The van der Waals surface area contributed by atoms with Crippen molar-refractivity contribution < 1.29 is 10.2 Å². The first kappa shape index (κ1) is 10.9. The molecular weight excluding hydrogens is 220 g/mol. The van der Waals surface area contributed by atoms with Crippen LogP contribution in [0.3, 0.4) is 0 Å². The number of phenolic OH excluding ortho intramolecular Hbond substituents is 2. The summed E-state index contributed by atoms with van der Waals surface area (Å²) in [7, 11) is 0. The van der Waals surface area contributed by atoms with Gasteiger partial charge in [0.25, 0.3) is 0 Å². The van der Waals surface area contributed by atoms with E-state index in [4.69, 9.17) is 0 Å². The van der Waals surface area contributed by atoms with Gasteiger partial charge >= 0.3 is 0 Å². The Balaban J connectivity index is 2.63. The van der Waals surface area contributed by atoms with Gasteiger partial charge < -0.3 is 10.2 Å². The molecule has 0 aromatic heterocycles. The standard InChI is InChI=1S/C13H12O2S/c1-8-7-9(5-6-12(8)16)13-10(14)3-2-4-11(13)15/h2-7,14-16H,1H3. The summed E-state index contributed by atoms with van der Waals surface area (Å²) in [6.07, 6.45) is 0. The van der Waals surface area contributed by atoms with Crippen molar-refractivity contribution >= 4 is 12.6 Å². The molecule has 82 valence electrons. The van der Waals surface area contributed by atoms with E-state index in [0.29, 0.717) is 5.56 Å². The summed E-state index contributed by atoms with van der Waals surface area (Å²) < 4.78 is 0. The summed E-state index contributed by atoms with van der Waals surface area (Å²) >= 11 is 4.28. The van der Waals surface area contributed by atoms with Crippen LogP contribution in [0.4, 0.5) is 0 Å². The lowest BCUT2D eigenvalue weighted by atomic mass is 10.0. The lowest BCUT2D eigenvalue weighted by Crippen LogP contribution is -1.83. The van der Waals surface area contributed by atoms with Crippen molar-refractivity contribution in [2.24, 2.45) is 0 Å². The Morgan fingerprint density at radius 1 is 1.00 bits per heavy atom. The summed E-state index contributed by atoms with van der Waals surface area (Å²) in [4.78, 5) is 0.888. The monoisotopic (exact) mass is 232 g/mol. The molecule has 0 spiro atoms. The number of aryl methyl sites for hydroxylation is 1. The van der Waals surface area contributed by atoms with Crippen LogP contribution in [0.5, 0.6) is 11.5 Å². The first-order valence-corrected chi connectivity index (χ1v) is 5.35. The van der Waals surface area contributed by atoms with E-state index >= 15 is 0 Å². The van der Waals surface area contributed by atoms with Crippen molar-refractivity contribution in [3.63, 3.8) is 0 Å². The van der Waals surface area contributed by atoms with Gasteiger partial charge in [0.2, 0.25) is 0 Å². The first-order valence-electron chi connectivity index (χ1n) is 4.90. The fourth-order valence-electron chi connectivity index (χ4n) is 1.64. The number of thiol groups is 1. The fourth-order valence-corrected chi connectivity index (χ4v) is 1.77. The molecule has 0 aliphatic carbocycles. The van der Waals surface area contributed by atoms with Gasteiger partial charge in [-0.2, -0.15) is 0 Å². The van der Waals surface area contributed by atoms with E-state index in [1.54, 1.807) is 18.2 Å². The Bertz CT molecular complexity index is 515. The van der Waals surface area contributed by atoms with Crippen molar-refractivity contribution in [1.29, 1.82) is 0 Å². The van der Waals surface area contributed by atoms with Crippen LogP contribution in [0.1, 0.15) is 5.56 Å². The van der Waals surface area contributed by atoms with Crippen molar-refractivity contribution in [2.45, 2.75) is 11.8 Å². The highest BCUT2D eigenvalue weighted by molar-refractivity contribution is 7.80. The van der Waals surface area contributed by atoms with Crippen LogP contribution in [0.15, 0.2) is 41.3 Å². The number of phenols is 2. The highest BCUT2D eigenvalue weighted by atomic mass is 32.1. The molecule has 2 aromatic rings. The van der Waals surface area contributed by atoms with Crippen LogP contribution < -0.4 is 0 Å². The van der Waals surface area contributed by atoms with Gasteiger partial charge in [-0.1, -0.05) is 18.2 Å². The van der Waals surface area contributed by atoms with Gasteiger partial charge in [0.1, 0.15) is 11.5 Å². The van der Waals surface area contributed by atoms with Crippen LogP contribution in [0.2, 0.25) is 0 Å². The molecule has 0 unspecified atom stereocenters. The molecule has 0 aliphatic heterocycles. The molecule has 0 aliphatic rings. The Morgan fingerprint density at radius 3 is 2.19 bits per heavy atom. The van der Waals surface area contributed by atoms with E-state index in [0.717, 1.165) is 16.0 Å². The Hall–Kier alpha value is -1.61. The molecule has 0 atom stereocenters. The Kier molecular flexibility index (Phi) is 2.79. The van der Waals surface area contributed by atoms with Gasteiger partial charge in [0.05, 0.1) is 5.56 Å². The summed E-state index contributed by atoms with van der Waals surface area (Å²) in [6, 6.07) is 10.3. The number of aromatic hydroxyl groups is 2. The maximum Gasteiger partial charge on any atom is 0.127 e. The molecule has 0 radical (unpaired) electrons. The minimum atomic E-state index is 0.0753. The van der Waals surface area contributed by atoms with Crippen molar-refractivity contribution in [3.8, 4) is 22.6 Å². The highest BCUT2D eigenvalue weighted by Crippen LogP contribution is 2.37. The Labute approximate surface area is 99.6 Å². The van der Waals surface area contributed by atoms with Crippen molar-refractivity contribution in [1.82, 2.24) is 0 Å². The zero-order valence-electron chi connectivity index (χ0n) is 8.81. The van der Waals surface area contributed by atoms with Crippen LogP contribution in [0, 0.1) is 6.92 Å². The molecule has 0 amide bonds. The average molecular weight is 232 g/mol. The maximum atomic E-state index is 9.73. The van der Waals surface area contributed by atoms with Gasteiger partial charge in [-0.3, -0.25) is 0 Å². The molecule has 2 nitrogen and oxygen atoms in total. The third-order valence-electron chi connectivity index (χ3n) is 2.51. The molecule has 2 N–H and O–H groups in total. The second-order valence-corrected chi connectivity index (χ2v) is 4.15. The van der Waals surface area contributed by atoms with Crippen molar-refractivity contribution in [2.75, 3.05) is 0 Å². The third kappa shape index (κ3) is 1.86. The molecule has 2 rings (SSSR count). The van der Waals surface area contributed by atoms with Gasteiger partial charge in [-0.05, 0) is 36.2 Å². The molecule has 0 fully saturated rings. The normalized spacial score (nSPS) is 10.4. The summed E-state index contributed by atoms with van der Waals surface area (Å²) in [6.45, 7) is 1.93. The van der Waals surface area contributed by atoms with Crippen LogP contribution in [-0.4, -0.2) is 10.2 Å². The molecule has 2 aromatic carbocycles. The highest BCUT2D eigenvalue weighted by Gasteiger charge is 2.09. The quantitative estimate of drug-likeness (QED) is 0.660. The number of hydrogen-bond acceptors (Lipinski definition) is 3. The van der Waals surface area contributed by atoms with Crippen LogP contribution in [0.25, 0.3) is 11.1 Å². The zero-order valence-corrected chi connectivity index (χ0v) is 9.70. The van der Waals surface area contributed by atoms with Gasteiger partial charge in [-0.25, -0.2) is 0 Å². The lowest BCUT2D eigenvalue weighted by Gasteiger charge is -2.08. The largest absolute Gasteiger partial charge is 0.507 e. The van der Waals surface area contributed by atoms with Gasteiger partial charge in [-0.15, -0.1) is 12.6 Å². The van der Waals surface area contributed by atoms with E-state index in [2.05, 4.69) is 12.6 Å². The minimum Gasteiger partial charge on any atom is -0.507 e. The van der Waals surface area contributed by atoms with Crippen molar-refractivity contribution in [3.05, 3.63) is 42.0 Å². The fraction of sp³-hybridized carbons (Fsp3) is 0.0769. The predicted octanol–water partition coefficient (Wildman–Crippen LogP) is 3.36. The molecule has 16 heavy (non-hydrogen) atoms. The number of rotatable bonds is 1. The van der Waals surface area contributed by atoms with Crippen LogP contribution >= 0.6 is 12.6 Å². The predicted molar refractivity (Wildman–Crippen MR) is 67.2 cm³/mol. The second-order valence-electron chi connectivity index (χ2n) is 3.67. The topological polar surface area (TPSA) is 40.5 Å². The maximum absolute atomic E-state index is 9.73. The van der Waals surface area contributed by atoms with Gasteiger partial charge in [0, 0.05) is 4.90 Å². The number of hydrogen-bond donors (Lipinski definition) is 3. The molecule has 0 heterocycles. The minimum absolute atomic E-state index is 0.0753. The van der Waals surface area contributed by atoms with E-state index in [1.807, 2.05) is 25.1 Å². The average Bonchev–Trinajstić information content (AvgIpc) is 2.23. The van der Waals surface area contributed by atoms with E-state index < -0.39 is 0 Å². The Morgan fingerprint density at radius 2 is 1.62 bits per heavy atom. The molecular formula is C13H12O2S. The number of benzene rings is 2. The van der Waals surface area contributed by atoms with E-state index in [1.165, 1.54) is 0 Å². The summed E-state index contributed by atoms with van der Waals surface area (Å²) in [5, 5.41) is 19.5. The first-order chi connectivity index (χ1) is 7.59. The molecule has 0 saturated carbocycles. The molecule has 3 heteroatoms. The van der Waals surface area contributed by atoms with E-state index in [9.17, 15) is 10.2 Å². The van der Waals surface area contributed by atoms with Gasteiger partial charge in [0.15, 0.2) is 0 Å². The zero-order chi connectivity index (χ0) is 11.7. The SMILES string of the molecule is Cc1cc(-c2c(O)cccc2O)ccc1S. The second kappa shape index (κ2) is 4.10. The van der Waals surface area contributed by atoms with Crippen LogP contribution in [-0.2, 0) is 0 Å². The lowest BCUT2D eigenvalue weighted by molar-refractivity contribution is 0.454.